The lowest BCUT2D eigenvalue weighted by Gasteiger charge is -2.30. The van der Waals surface area contributed by atoms with Crippen molar-refractivity contribution in [3.05, 3.63) is 24.3 Å². The summed E-state index contributed by atoms with van der Waals surface area (Å²) >= 11 is 0. The fourth-order valence-corrected chi connectivity index (χ4v) is 3.87. The Morgan fingerprint density at radius 1 is 1.19 bits per heavy atom. The molecule has 26 heavy (non-hydrogen) atoms. The molecular formula is C20H29N3O3. The van der Waals surface area contributed by atoms with Crippen molar-refractivity contribution < 1.29 is 14.3 Å². The molecule has 6 heteroatoms. The second-order valence-corrected chi connectivity index (χ2v) is 7.32. The summed E-state index contributed by atoms with van der Waals surface area (Å²) in [6.45, 7) is 5.24. The molecule has 3 amide bonds. The molecule has 6 nitrogen and oxygen atoms in total. The average Bonchev–Trinajstić information content (AvgIpc) is 2.98. The second kappa shape index (κ2) is 8.43. The third-order valence-corrected chi connectivity index (χ3v) is 5.35. The first kappa shape index (κ1) is 18.5. The third kappa shape index (κ3) is 4.48. The molecule has 0 unspecified atom stereocenters. The van der Waals surface area contributed by atoms with Crippen molar-refractivity contribution in [2.75, 3.05) is 18.1 Å². The Morgan fingerprint density at radius 3 is 2.62 bits per heavy atom. The van der Waals surface area contributed by atoms with Crippen LogP contribution in [0.3, 0.4) is 0 Å². The zero-order valence-corrected chi connectivity index (χ0v) is 15.7. The van der Waals surface area contributed by atoms with Gasteiger partial charge in [-0.25, -0.2) is 4.79 Å². The van der Waals surface area contributed by atoms with Crippen LogP contribution in [0.25, 0.3) is 0 Å². The molecule has 1 aromatic carbocycles. The molecule has 1 heterocycles. The van der Waals surface area contributed by atoms with Crippen molar-refractivity contribution in [1.82, 2.24) is 10.6 Å². The maximum Gasteiger partial charge on any atom is 0.315 e. The van der Waals surface area contributed by atoms with E-state index in [2.05, 4.69) is 17.6 Å². The number of nitrogens with one attached hydrogen (secondary N) is 2. The Labute approximate surface area is 155 Å². The van der Waals surface area contributed by atoms with E-state index in [0.717, 1.165) is 17.9 Å². The zero-order valence-electron chi connectivity index (χ0n) is 15.7. The van der Waals surface area contributed by atoms with Crippen LogP contribution in [0.2, 0.25) is 0 Å². The molecular weight excluding hydrogens is 330 g/mol. The van der Waals surface area contributed by atoms with Crippen molar-refractivity contribution in [3.63, 3.8) is 0 Å². The van der Waals surface area contributed by atoms with Crippen molar-refractivity contribution in [2.45, 2.75) is 58.0 Å². The molecule has 2 N–H and O–H groups in total. The summed E-state index contributed by atoms with van der Waals surface area (Å²) in [6.07, 6.45) is 4.95. The maximum absolute atomic E-state index is 12.3. The van der Waals surface area contributed by atoms with E-state index in [9.17, 15) is 9.59 Å². The third-order valence-electron chi connectivity index (χ3n) is 5.35. The lowest BCUT2D eigenvalue weighted by molar-refractivity contribution is -0.117. The highest BCUT2D eigenvalue weighted by atomic mass is 16.5. The predicted molar refractivity (Wildman–Crippen MR) is 101 cm³/mol. The second-order valence-electron chi connectivity index (χ2n) is 7.32. The SMILES string of the molecule is CCOc1ccc(N2C[C@@H](NC(=O)N[C@@H]3CCCC[C@@H]3C)CC2=O)cc1. The van der Waals surface area contributed by atoms with Crippen LogP contribution < -0.4 is 20.3 Å². The number of rotatable bonds is 5. The normalized spacial score (nSPS) is 25.8. The Bertz CT molecular complexity index is 632. The summed E-state index contributed by atoms with van der Waals surface area (Å²) in [5.41, 5.74) is 0.837. The van der Waals surface area contributed by atoms with Crippen LogP contribution in [-0.2, 0) is 4.79 Å². The number of anilines is 1. The first-order valence-corrected chi connectivity index (χ1v) is 9.67. The minimum atomic E-state index is -0.159. The van der Waals surface area contributed by atoms with Crippen molar-refractivity contribution in [3.8, 4) is 5.75 Å². The first-order valence-electron chi connectivity index (χ1n) is 9.67. The smallest absolute Gasteiger partial charge is 0.315 e. The molecule has 3 atom stereocenters. The van der Waals surface area contributed by atoms with Gasteiger partial charge in [-0.15, -0.1) is 0 Å². The summed E-state index contributed by atoms with van der Waals surface area (Å²) in [6, 6.07) is 7.42. The largest absolute Gasteiger partial charge is 0.494 e. The van der Waals surface area contributed by atoms with E-state index in [1.54, 1.807) is 4.90 Å². The number of benzene rings is 1. The van der Waals surface area contributed by atoms with E-state index >= 15 is 0 Å². The lowest BCUT2D eigenvalue weighted by Crippen LogP contribution is -2.49. The van der Waals surface area contributed by atoms with Gasteiger partial charge in [-0.05, 0) is 49.9 Å². The number of nitrogens with zero attached hydrogens (tertiary/aromatic N) is 1. The van der Waals surface area contributed by atoms with Gasteiger partial charge in [0.25, 0.3) is 0 Å². The Hall–Kier alpha value is -2.24. The van der Waals surface area contributed by atoms with Gasteiger partial charge in [-0.3, -0.25) is 4.79 Å². The minimum Gasteiger partial charge on any atom is -0.494 e. The van der Waals surface area contributed by atoms with Gasteiger partial charge in [0.1, 0.15) is 5.75 Å². The number of urea groups is 1. The fraction of sp³-hybridized carbons (Fsp3) is 0.600. The predicted octanol–water partition coefficient (Wildman–Crippen LogP) is 3.07. The van der Waals surface area contributed by atoms with Gasteiger partial charge >= 0.3 is 6.03 Å². The van der Waals surface area contributed by atoms with E-state index in [4.69, 9.17) is 4.74 Å². The molecule has 0 spiro atoms. The van der Waals surface area contributed by atoms with E-state index < -0.39 is 0 Å². The highest BCUT2D eigenvalue weighted by Crippen LogP contribution is 2.25. The highest BCUT2D eigenvalue weighted by molar-refractivity contribution is 5.96. The van der Waals surface area contributed by atoms with Crippen molar-refractivity contribution in [1.29, 1.82) is 0 Å². The van der Waals surface area contributed by atoms with E-state index in [-0.39, 0.29) is 24.0 Å². The standard InChI is InChI=1S/C20H29N3O3/c1-3-26-17-10-8-16(9-11-17)23-13-15(12-19(23)24)21-20(25)22-18-7-5-4-6-14(18)2/h8-11,14-15,18H,3-7,12-13H2,1-2H3,(H2,21,22,25)/t14-,15-,18+/m0/s1. The fourth-order valence-electron chi connectivity index (χ4n) is 3.87. The molecule has 142 valence electrons. The molecule has 1 saturated heterocycles. The summed E-state index contributed by atoms with van der Waals surface area (Å²) in [4.78, 5) is 26.4. The molecule has 3 rings (SSSR count). The molecule has 0 bridgehead atoms. The van der Waals surface area contributed by atoms with Gasteiger partial charge in [-0.1, -0.05) is 19.8 Å². The first-order chi connectivity index (χ1) is 12.6. The average molecular weight is 359 g/mol. The number of hydrogen-bond donors (Lipinski definition) is 2. The van der Waals surface area contributed by atoms with Gasteiger partial charge in [0.05, 0.1) is 12.6 Å². The summed E-state index contributed by atoms with van der Waals surface area (Å²) < 4.78 is 5.44. The summed E-state index contributed by atoms with van der Waals surface area (Å²) in [7, 11) is 0. The summed E-state index contributed by atoms with van der Waals surface area (Å²) in [5.74, 6) is 1.34. The number of ether oxygens (including phenoxy) is 1. The molecule has 2 fully saturated rings. The van der Waals surface area contributed by atoms with Crippen LogP contribution in [0.1, 0.15) is 46.0 Å². The zero-order chi connectivity index (χ0) is 18.5. The van der Waals surface area contributed by atoms with Crippen LogP contribution in [0.15, 0.2) is 24.3 Å². The number of carbonyl (C=O) groups excluding carboxylic acids is 2. The van der Waals surface area contributed by atoms with Crippen LogP contribution in [0, 0.1) is 5.92 Å². The van der Waals surface area contributed by atoms with E-state index in [0.29, 0.717) is 25.5 Å². The molecule has 2 aliphatic rings. The van der Waals surface area contributed by atoms with Crippen LogP contribution >= 0.6 is 0 Å². The monoisotopic (exact) mass is 359 g/mol. The lowest BCUT2D eigenvalue weighted by atomic mass is 9.86. The van der Waals surface area contributed by atoms with Crippen LogP contribution in [0.4, 0.5) is 10.5 Å². The van der Waals surface area contributed by atoms with Gasteiger partial charge in [0, 0.05) is 24.7 Å². The van der Waals surface area contributed by atoms with E-state index in [1.807, 2.05) is 31.2 Å². The number of hydrogen-bond acceptors (Lipinski definition) is 3. The minimum absolute atomic E-state index is 0.0329. The van der Waals surface area contributed by atoms with Gasteiger partial charge in [0.15, 0.2) is 0 Å². The molecule has 0 aromatic heterocycles. The van der Waals surface area contributed by atoms with Gasteiger partial charge in [0.2, 0.25) is 5.91 Å². The maximum atomic E-state index is 12.3. The molecule has 1 aliphatic heterocycles. The molecule has 0 radical (unpaired) electrons. The Morgan fingerprint density at radius 2 is 1.92 bits per heavy atom. The van der Waals surface area contributed by atoms with Gasteiger partial charge in [-0.2, -0.15) is 0 Å². The van der Waals surface area contributed by atoms with Crippen molar-refractivity contribution in [2.24, 2.45) is 5.92 Å². The highest BCUT2D eigenvalue weighted by Gasteiger charge is 2.32. The Kier molecular flexibility index (Phi) is 6.01. The molecule has 1 saturated carbocycles. The van der Waals surface area contributed by atoms with Crippen LogP contribution in [0.5, 0.6) is 5.75 Å². The van der Waals surface area contributed by atoms with Crippen molar-refractivity contribution >= 4 is 17.6 Å². The summed E-state index contributed by atoms with van der Waals surface area (Å²) in [5, 5.41) is 6.06. The van der Waals surface area contributed by atoms with Gasteiger partial charge < -0.3 is 20.3 Å². The molecule has 1 aliphatic carbocycles. The number of carbonyl (C=O) groups is 2. The molecule has 1 aromatic rings. The van der Waals surface area contributed by atoms with E-state index in [1.165, 1.54) is 19.3 Å². The topological polar surface area (TPSA) is 70.7 Å². The number of amides is 3. The van der Waals surface area contributed by atoms with Crippen LogP contribution in [-0.4, -0.2) is 37.2 Å². The Balaban J connectivity index is 1.53. The quantitative estimate of drug-likeness (QED) is 0.849.